The third-order valence-electron chi connectivity index (χ3n) is 3.72. The molecule has 0 atom stereocenters. The van der Waals surface area contributed by atoms with Crippen molar-refractivity contribution in [3.8, 4) is 0 Å². The van der Waals surface area contributed by atoms with Crippen molar-refractivity contribution in [3.05, 3.63) is 53.6 Å². The first kappa shape index (κ1) is 23.0. The van der Waals surface area contributed by atoms with E-state index in [0.29, 0.717) is 0 Å². The van der Waals surface area contributed by atoms with Gasteiger partial charge in [-0.2, -0.15) is 26.3 Å². The fourth-order valence-corrected chi connectivity index (χ4v) is 4.21. The average molecular weight is 461 g/mol. The Morgan fingerprint density at radius 1 is 0.759 bits per heavy atom. The second-order valence-corrected chi connectivity index (χ2v) is 9.74. The van der Waals surface area contributed by atoms with Gasteiger partial charge in [0.15, 0.2) is 9.84 Å². The second-order valence-electron chi connectivity index (χ2n) is 5.77. The van der Waals surface area contributed by atoms with E-state index in [1.807, 2.05) is 4.72 Å². The lowest BCUT2D eigenvalue weighted by Crippen LogP contribution is -2.17. The summed E-state index contributed by atoms with van der Waals surface area (Å²) >= 11 is 0. The van der Waals surface area contributed by atoms with Gasteiger partial charge in [-0.05, 0) is 42.5 Å². The van der Waals surface area contributed by atoms with E-state index < -0.39 is 48.2 Å². The number of sulfone groups is 1. The fourth-order valence-electron chi connectivity index (χ4n) is 2.19. The number of benzene rings is 2. The summed E-state index contributed by atoms with van der Waals surface area (Å²) in [6.07, 6.45) is -10.4. The molecule has 0 aliphatic heterocycles. The van der Waals surface area contributed by atoms with Gasteiger partial charge < -0.3 is 0 Å². The highest BCUT2D eigenvalue weighted by Gasteiger charge is 2.38. The van der Waals surface area contributed by atoms with E-state index in [4.69, 9.17) is 0 Å². The molecule has 0 fully saturated rings. The summed E-state index contributed by atoms with van der Waals surface area (Å²) in [6, 6.07) is 4.13. The molecule has 0 aliphatic carbocycles. The first-order valence-corrected chi connectivity index (χ1v) is 10.8. The fraction of sp³-hybridized carbons (Fsp3) is 0.250. The SMILES string of the molecule is CCS(=O)(=O)c1ccc(NS(=O)(=O)c2cc(C(F)(F)F)cc(C(F)(F)F)c2)cc1. The highest BCUT2D eigenvalue weighted by atomic mass is 32.2. The number of hydrogen-bond donors (Lipinski definition) is 1. The van der Waals surface area contributed by atoms with Gasteiger partial charge in [0.1, 0.15) is 0 Å². The Hall–Kier alpha value is -2.28. The van der Waals surface area contributed by atoms with Crippen LogP contribution in [-0.4, -0.2) is 22.6 Å². The second kappa shape index (κ2) is 7.52. The molecule has 0 heterocycles. The number of nitrogens with one attached hydrogen (secondary N) is 1. The zero-order valence-electron chi connectivity index (χ0n) is 14.5. The van der Waals surface area contributed by atoms with Crippen LogP contribution >= 0.6 is 0 Å². The van der Waals surface area contributed by atoms with E-state index in [9.17, 15) is 43.2 Å². The van der Waals surface area contributed by atoms with Gasteiger partial charge in [-0.15, -0.1) is 0 Å². The standard InChI is InChI=1S/C16H13F6NO4S2/c1-2-28(24,25)13-5-3-12(4-6-13)23-29(26,27)14-8-10(15(17,18)19)7-11(9-14)16(20,21)22/h3-9,23H,2H2,1H3. The number of halogens is 6. The van der Waals surface area contributed by atoms with Crippen molar-refractivity contribution in [2.24, 2.45) is 0 Å². The van der Waals surface area contributed by atoms with E-state index in [1.54, 1.807) is 0 Å². The first-order valence-electron chi connectivity index (χ1n) is 7.71. The van der Waals surface area contributed by atoms with Crippen LogP contribution in [0.15, 0.2) is 52.3 Å². The Kier molecular flexibility index (Phi) is 5.96. The van der Waals surface area contributed by atoms with E-state index in [-0.39, 0.29) is 34.5 Å². The molecule has 0 bridgehead atoms. The molecule has 0 saturated heterocycles. The molecule has 13 heteroatoms. The maximum atomic E-state index is 12.9. The third kappa shape index (κ3) is 5.41. The van der Waals surface area contributed by atoms with Crippen LogP contribution < -0.4 is 4.72 Å². The summed E-state index contributed by atoms with van der Waals surface area (Å²) in [5, 5.41) is 0. The lowest BCUT2D eigenvalue weighted by Gasteiger charge is -2.15. The zero-order chi connectivity index (χ0) is 22.3. The molecule has 0 unspecified atom stereocenters. The van der Waals surface area contributed by atoms with E-state index in [0.717, 1.165) is 24.3 Å². The summed E-state index contributed by atoms with van der Waals surface area (Å²) in [5.74, 6) is -0.220. The van der Waals surface area contributed by atoms with Crippen LogP contribution in [-0.2, 0) is 32.2 Å². The maximum absolute atomic E-state index is 12.9. The van der Waals surface area contributed by atoms with Gasteiger partial charge in [-0.25, -0.2) is 16.8 Å². The smallest absolute Gasteiger partial charge is 0.280 e. The molecule has 2 aromatic rings. The van der Waals surface area contributed by atoms with Crippen molar-refractivity contribution < 1.29 is 43.2 Å². The number of alkyl halides is 6. The molecule has 0 amide bonds. The minimum atomic E-state index is -5.21. The van der Waals surface area contributed by atoms with Crippen LogP contribution in [0.5, 0.6) is 0 Å². The van der Waals surface area contributed by atoms with E-state index in [1.165, 1.54) is 6.92 Å². The van der Waals surface area contributed by atoms with Gasteiger partial charge in [0.05, 0.1) is 26.7 Å². The van der Waals surface area contributed by atoms with Crippen LogP contribution in [0.1, 0.15) is 18.1 Å². The van der Waals surface area contributed by atoms with Crippen LogP contribution in [0.4, 0.5) is 32.0 Å². The number of anilines is 1. The minimum Gasteiger partial charge on any atom is -0.280 e. The lowest BCUT2D eigenvalue weighted by molar-refractivity contribution is -0.143. The Labute approximate surface area is 162 Å². The molecule has 160 valence electrons. The Morgan fingerprint density at radius 3 is 1.59 bits per heavy atom. The van der Waals surface area contributed by atoms with Gasteiger partial charge in [0, 0.05) is 5.69 Å². The van der Waals surface area contributed by atoms with Gasteiger partial charge in [-0.1, -0.05) is 6.92 Å². The lowest BCUT2D eigenvalue weighted by atomic mass is 10.1. The highest BCUT2D eigenvalue weighted by molar-refractivity contribution is 7.92. The minimum absolute atomic E-state index is 0.0769. The molecule has 5 nitrogen and oxygen atoms in total. The number of sulfonamides is 1. The first-order chi connectivity index (χ1) is 13.1. The van der Waals surface area contributed by atoms with Gasteiger partial charge in [0.2, 0.25) is 0 Å². The van der Waals surface area contributed by atoms with Crippen molar-refractivity contribution in [3.63, 3.8) is 0 Å². The molecule has 0 aromatic heterocycles. The van der Waals surface area contributed by atoms with Crippen molar-refractivity contribution in [1.82, 2.24) is 0 Å². The zero-order valence-corrected chi connectivity index (χ0v) is 16.1. The van der Waals surface area contributed by atoms with Crippen molar-refractivity contribution >= 4 is 25.5 Å². The van der Waals surface area contributed by atoms with E-state index >= 15 is 0 Å². The molecule has 2 aromatic carbocycles. The molecule has 2 rings (SSSR count). The molecule has 0 radical (unpaired) electrons. The molecule has 0 saturated carbocycles. The molecule has 1 N–H and O–H groups in total. The predicted octanol–water partition coefficient (Wildman–Crippen LogP) is 4.32. The van der Waals surface area contributed by atoms with Crippen molar-refractivity contribution in [2.45, 2.75) is 29.1 Å². The van der Waals surface area contributed by atoms with Crippen LogP contribution in [0.25, 0.3) is 0 Å². The summed E-state index contributed by atoms with van der Waals surface area (Å²) < 4.78 is 127. The Morgan fingerprint density at radius 2 is 1.21 bits per heavy atom. The summed E-state index contributed by atoms with van der Waals surface area (Å²) in [7, 11) is -8.41. The van der Waals surface area contributed by atoms with Gasteiger partial charge in [0.25, 0.3) is 10.0 Å². The quantitative estimate of drug-likeness (QED) is 0.673. The number of hydrogen-bond acceptors (Lipinski definition) is 4. The predicted molar refractivity (Wildman–Crippen MR) is 91.4 cm³/mol. The summed E-state index contributed by atoms with van der Waals surface area (Å²) in [6.45, 7) is 1.39. The molecule has 0 aliphatic rings. The summed E-state index contributed by atoms with van der Waals surface area (Å²) in [5.41, 5.74) is -3.81. The topological polar surface area (TPSA) is 80.3 Å². The summed E-state index contributed by atoms with van der Waals surface area (Å²) in [4.78, 5) is -1.37. The van der Waals surface area contributed by atoms with Gasteiger partial charge in [-0.3, -0.25) is 4.72 Å². The maximum Gasteiger partial charge on any atom is 0.416 e. The Balaban J connectivity index is 2.48. The van der Waals surface area contributed by atoms with Crippen molar-refractivity contribution in [2.75, 3.05) is 10.5 Å². The van der Waals surface area contributed by atoms with Crippen molar-refractivity contribution in [1.29, 1.82) is 0 Å². The van der Waals surface area contributed by atoms with Crippen LogP contribution in [0.2, 0.25) is 0 Å². The normalized spacial score (nSPS) is 13.3. The largest absolute Gasteiger partial charge is 0.416 e. The van der Waals surface area contributed by atoms with Crippen LogP contribution in [0, 0.1) is 0 Å². The molecular formula is C16H13F6NO4S2. The monoisotopic (exact) mass is 461 g/mol. The highest BCUT2D eigenvalue weighted by Crippen LogP contribution is 2.37. The average Bonchev–Trinajstić information content (AvgIpc) is 2.60. The van der Waals surface area contributed by atoms with E-state index in [2.05, 4.69) is 0 Å². The molecule has 29 heavy (non-hydrogen) atoms. The van der Waals surface area contributed by atoms with Gasteiger partial charge >= 0.3 is 12.4 Å². The Bertz CT molecular complexity index is 1070. The number of rotatable bonds is 5. The van der Waals surface area contributed by atoms with Crippen LogP contribution in [0.3, 0.4) is 0 Å². The molecular weight excluding hydrogens is 448 g/mol. The third-order valence-corrected chi connectivity index (χ3v) is 6.83. The molecule has 0 spiro atoms.